The predicted octanol–water partition coefficient (Wildman–Crippen LogP) is 5.47. The first kappa shape index (κ1) is 27.9. The Morgan fingerprint density at radius 1 is 1.21 bits per heavy atom. The van der Waals surface area contributed by atoms with Crippen molar-refractivity contribution in [2.24, 2.45) is 0 Å². The van der Waals surface area contributed by atoms with E-state index in [1.807, 2.05) is 49.1 Å². The highest BCUT2D eigenvalue weighted by Crippen LogP contribution is 2.24. The van der Waals surface area contributed by atoms with Crippen LogP contribution in [0.25, 0.3) is 0 Å². The predicted molar refractivity (Wildman–Crippen MR) is 142 cm³/mol. The normalized spacial score (nSPS) is 19.0. The Hall–Kier alpha value is -2.37. The van der Waals surface area contributed by atoms with Crippen LogP contribution in [0.5, 0.6) is 0 Å². The van der Waals surface area contributed by atoms with E-state index in [0.29, 0.717) is 18.8 Å². The fourth-order valence-electron chi connectivity index (χ4n) is 4.20. The molecule has 0 bridgehead atoms. The zero-order valence-corrected chi connectivity index (χ0v) is 22.0. The van der Waals surface area contributed by atoms with Crippen molar-refractivity contribution in [1.82, 2.24) is 14.7 Å². The lowest BCUT2D eigenvalue weighted by molar-refractivity contribution is -0.127. The summed E-state index contributed by atoms with van der Waals surface area (Å²) in [7, 11) is 0. The van der Waals surface area contributed by atoms with Crippen LogP contribution in [0, 0.1) is 0 Å². The zero-order chi connectivity index (χ0) is 25.1. The van der Waals surface area contributed by atoms with Crippen molar-refractivity contribution in [2.45, 2.75) is 59.4 Å². The lowest BCUT2D eigenvalue weighted by Gasteiger charge is -2.43. The maximum atomic E-state index is 12.4. The van der Waals surface area contributed by atoms with Crippen LogP contribution in [-0.4, -0.2) is 65.2 Å². The molecule has 6 heteroatoms. The number of Topliss-reactive ketones (excluding diaryl/α,β-unsaturated/α-hetero) is 1. The van der Waals surface area contributed by atoms with Crippen molar-refractivity contribution in [3.63, 3.8) is 0 Å². The Bertz CT molecular complexity index is 905. The zero-order valence-electron chi connectivity index (χ0n) is 21.2. The van der Waals surface area contributed by atoms with E-state index in [1.165, 1.54) is 12.0 Å². The number of rotatable bonds is 8. The molecule has 0 saturated carbocycles. The molecule has 1 aromatic carbocycles. The first-order chi connectivity index (χ1) is 16.3. The van der Waals surface area contributed by atoms with Crippen LogP contribution >= 0.6 is 11.6 Å². The van der Waals surface area contributed by atoms with E-state index >= 15 is 0 Å². The van der Waals surface area contributed by atoms with Gasteiger partial charge in [0, 0.05) is 42.9 Å². The van der Waals surface area contributed by atoms with Crippen molar-refractivity contribution in [3.05, 3.63) is 71.1 Å². The molecule has 1 atom stereocenters. The molecule has 0 aliphatic carbocycles. The fraction of sp³-hybridized carbons (Fsp3) is 0.500. The van der Waals surface area contributed by atoms with Gasteiger partial charge in [0.15, 0.2) is 5.78 Å². The van der Waals surface area contributed by atoms with Crippen LogP contribution in [0.3, 0.4) is 0 Å². The number of hydrogen-bond acceptors (Lipinski definition) is 4. The lowest BCUT2D eigenvalue weighted by Crippen LogP contribution is -2.51. The molecule has 2 heterocycles. The number of allylic oxidation sites excluding steroid dienone is 2. The number of benzene rings is 1. The maximum absolute atomic E-state index is 12.4. The van der Waals surface area contributed by atoms with Crippen molar-refractivity contribution < 1.29 is 9.59 Å². The highest BCUT2D eigenvalue weighted by molar-refractivity contribution is 6.31. The van der Waals surface area contributed by atoms with Crippen molar-refractivity contribution in [2.75, 3.05) is 32.7 Å². The van der Waals surface area contributed by atoms with Gasteiger partial charge in [0.25, 0.3) is 0 Å². The van der Waals surface area contributed by atoms with Gasteiger partial charge in [-0.1, -0.05) is 68.8 Å². The molecular weight excluding hydrogens is 446 g/mol. The summed E-state index contributed by atoms with van der Waals surface area (Å²) in [6.07, 6.45) is 9.84. The van der Waals surface area contributed by atoms with Crippen LogP contribution in [0.15, 0.2) is 60.5 Å². The number of likely N-dealkylation sites (tertiary alicyclic amines) is 1. The van der Waals surface area contributed by atoms with E-state index in [-0.39, 0.29) is 17.7 Å². The summed E-state index contributed by atoms with van der Waals surface area (Å²) in [5.41, 5.74) is 2.75. The van der Waals surface area contributed by atoms with Crippen LogP contribution in [0.1, 0.15) is 52.5 Å². The third-order valence-corrected chi connectivity index (χ3v) is 6.39. The average Bonchev–Trinajstić information content (AvgIpc) is 2.76. The first-order valence-electron chi connectivity index (χ1n) is 12.4. The first-order valence-corrected chi connectivity index (χ1v) is 12.8. The van der Waals surface area contributed by atoms with E-state index in [1.54, 1.807) is 17.9 Å². The standard InChI is InChI=1S/C19H29N3O2.C9H11Cl/c1-5-8-18(17(4)23)22-15(2)13-21(14-16(22)3)19(24)9-6-10-20-11-7-12-20;1-2-5-8-6-3-4-7-9(8)10/h6,8-9,16H,2,5,7,10-14H2,1,3-4H3;3-4,6-7H,2,5H2,1H3/b9-6+,18-8-;. The number of aryl methyl sites for hydroxylation is 1. The molecule has 34 heavy (non-hydrogen) atoms. The number of hydrogen-bond donors (Lipinski definition) is 0. The summed E-state index contributed by atoms with van der Waals surface area (Å²) in [5.74, 6) is 0.0612. The summed E-state index contributed by atoms with van der Waals surface area (Å²) in [6, 6.07) is 8.04. The third-order valence-electron chi connectivity index (χ3n) is 6.02. The van der Waals surface area contributed by atoms with Gasteiger partial charge >= 0.3 is 0 Å². The molecule has 1 amide bonds. The van der Waals surface area contributed by atoms with E-state index < -0.39 is 0 Å². The van der Waals surface area contributed by atoms with Crippen molar-refractivity contribution in [1.29, 1.82) is 0 Å². The molecule has 2 saturated heterocycles. The number of amides is 1. The summed E-state index contributed by atoms with van der Waals surface area (Å²) >= 11 is 5.90. The highest BCUT2D eigenvalue weighted by Gasteiger charge is 2.31. The molecule has 2 aliphatic rings. The quantitative estimate of drug-likeness (QED) is 0.458. The largest absolute Gasteiger partial charge is 0.337 e. The molecule has 3 rings (SSSR count). The van der Waals surface area contributed by atoms with E-state index in [2.05, 4.69) is 24.5 Å². The molecule has 5 nitrogen and oxygen atoms in total. The highest BCUT2D eigenvalue weighted by atomic mass is 35.5. The number of carbonyl (C=O) groups excluding carboxylic acids is 2. The fourth-order valence-corrected chi connectivity index (χ4v) is 4.43. The van der Waals surface area contributed by atoms with E-state index in [4.69, 9.17) is 11.6 Å². The minimum atomic E-state index is 0.0204. The maximum Gasteiger partial charge on any atom is 0.246 e. The monoisotopic (exact) mass is 485 g/mol. The minimum absolute atomic E-state index is 0.0204. The van der Waals surface area contributed by atoms with Crippen LogP contribution in [0.2, 0.25) is 5.02 Å². The van der Waals surface area contributed by atoms with E-state index in [0.717, 1.165) is 49.6 Å². The molecule has 1 aromatic rings. The van der Waals surface area contributed by atoms with Crippen LogP contribution in [0.4, 0.5) is 0 Å². The Balaban J connectivity index is 0.000000340. The molecule has 1 unspecified atom stereocenters. The van der Waals surface area contributed by atoms with E-state index in [9.17, 15) is 9.59 Å². The molecule has 2 aliphatic heterocycles. The molecule has 0 aromatic heterocycles. The molecular formula is C28H40ClN3O2. The second-order valence-corrected chi connectivity index (χ2v) is 9.36. The van der Waals surface area contributed by atoms with Gasteiger partial charge in [-0.15, -0.1) is 0 Å². The minimum Gasteiger partial charge on any atom is -0.337 e. The van der Waals surface area contributed by atoms with Gasteiger partial charge in [0.1, 0.15) is 0 Å². The smallest absolute Gasteiger partial charge is 0.246 e. The number of nitrogens with zero attached hydrogens (tertiary/aromatic N) is 3. The van der Waals surface area contributed by atoms with Crippen LogP contribution in [-0.2, 0) is 16.0 Å². The van der Waals surface area contributed by atoms with Gasteiger partial charge in [0.05, 0.1) is 12.2 Å². The summed E-state index contributed by atoms with van der Waals surface area (Å²) < 4.78 is 0. The van der Waals surface area contributed by atoms with Crippen molar-refractivity contribution >= 4 is 23.3 Å². The summed E-state index contributed by atoms with van der Waals surface area (Å²) in [5, 5.41) is 0.893. The molecule has 0 spiro atoms. The molecule has 0 N–H and O–H groups in total. The number of piperazine rings is 1. The topological polar surface area (TPSA) is 43.9 Å². The second-order valence-electron chi connectivity index (χ2n) is 8.96. The number of ketones is 1. The van der Waals surface area contributed by atoms with Gasteiger partial charge in [-0.3, -0.25) is 14.5 Å². The number of carbonyl (C=O) groups is 2. The third kappa shape index (κ3) is 8.14. The molecule has 0 radical (unpaired) electrons. The summed E-state index contributed by atoms with van der Waals surface area (Å²) in [4.78, 5) is 30.4. The number of halogens is 1. The average molecular weight is 486 g/mol. The lowest BCUT2D eigenvalue weighted by atomic mass is 10.1. The SMILES string of the molecule is C=C1CN(C(=O)/C=C/CN2CCC2)CC(C)N1/C(=C\CC)C(C)=O.CCCc1ccccc1Cl. The Kier molecular flexibility index (Phi) is 11.6. The molecule has 186 valence electrons. The summed E-state index contributed by atoms with van der Waals surface area (Å²) in [6.45, 7) is 16.0. The Morgan fingerprint density at radius 3 is 2.44 bits per heavy atom. The molecule has 2 fully saturated rings. The van der Waals surface area contributed by atoms with Gasteiger partial charge in [-0.2, -0.15) is 0 Å². The Labute approximate surface area is 210 Å². The van der Waals surface area contributed by atoms with Crippen molar-refractivity contribution in [3.8, 4) is 0 Å². The van der Waals surface area contributed by atoms with Gasteiger partial charge in [-0.05, 0) is 50.9 Å². The van der Waals surface area contributed by atoms with Crippen LogP contribution < -0.4 is 0 Å². The van der Waals surface area contributed by atoms with Gasteiger partial charge in [-0.25, -0.2) is 0 Å². The van der Waals surface area contributed by atoms with Gasteiger partial charge < -0.3 is 9.80 Å². The Morgan fingerprint density at radius 2 is 1.91 bits per heavy atom. The van der Waals surface area contributed by atoms with Gasteiger partial charge in [0.2, 0.25) is 5.91 Å². The second kappa shape index (κ2) is 14.1.